The Balaban J connectivity index is 2.16. The highest BCUT2D eigenvalue weighted by Crippen LogP contribution is 2.30. The van der Waals surface area contributed by atoms with E-state index in [4.69, 9.17) is 4.74 Å². The summed E-state index contributed by atoms with van der Waals surface area (Å²) in [6.07, 6.45) is 0.623. The molecular weight excluding hydrogens is 214 g/mol. The highest BCUT2D eigenvalue weighted by Gasteiger charge is 2.18. The van der Waals surface area contributed by atoms with E-state index in [0.29, 0.717) is 12.5 Å². The minimum atomic E-state index is -0.446. The van der Waals surface area contributed by atoms with Crippen LogP contribution in [0.5, 0.6) is 5.75 Å². The number of fused-ring (bicyclic) bond motifs is 1. The van der Waals surface area contributed by atoms with E-state index >= 15 is 0 Å². The zero-order chi connectivity index (χ0) is 12.4. The Morgan fingerprint density at radius 2 is 2.24 bits per heavy atom. The summed E-state index contributed by atoms with van der Waals surface area (Å²) in [5.41, 5.74) is 2.19. The smallest absolute Gasteiger partial charge is 0.122 e. The molecule has 1 aromatic carbocycles. The Morgan fingerprint density at radius 1 is 1.47 bits per heavy atom. The van der Waals surface area contributed by atoms with Gasteiger partial charge in [0.2, 0.25) is 0 Å². The van der Waals surface area contributed by atoms with Crippen LogP contribution in [0.3, 0.4) is 0 Å². The molecule has 0 saturated heterocycles. The second-order valence-electron chi connectivity index (χ2n) is 5.27. The summed E-state index contributed by atoms with van der Waals surface area (Å²) in [5, 5.41) is 10.0. The molecule has 3 heteroatoms. The molecule has 1 heterocycles. The third-order valence-corrected chi connectivity index (χ3v) is 3.11. The SMILES string of the molecule is CC1COc2cc(C(O)CN(C)C)ccc2C1. The predicted molar refractivity (Wildman–Crippen MR) is 68.3 cm³/mol. The third kappa shape index (κ3) is 2.99. The Kier molecular flexibility index (Phi) is 3.69. The van der Waals surface area contributed by atoms with Crippen molar-refractivity contribution in [2.45, 2.75) is 19.4 Å². The lowest BCUT2D eigenvalue weighted by molar-refractivity contribution is 0.137. The second-order valence-corrected chi connectivity index (χ2v) is 5.27. The average Bonchev–Trinajstić information content (AvgIpc) is 2.27. The van der Waals surface area contributed by atoms with E-state index in [1.165, 1.54) is 5.56 Å². The molecule has 0 saturated carbocycles. The first-order chi connectivity index (χ1) is 8.06. The summed E-state index contributed by atoms with van der Waals surface area (Å²) in [5.74, 6) is 1.53. The van der Waals surface area contributed by atoms with E-state index in [2.05, 4.69) is 13.0 Å². The maximum absolute atomic E-state index is 10.0. The lowest BCUT2D eigenvalue weighted by Crippen LogP contribution is -2.21. The van der Waals surface area contributed by atoms with Gasteiger partial charge in [-0.1, -0.05) is 19.1 Å². The summed E-state index contributed by atoms with van der Waals surface area (Å²) < 4.78 is 5.71. The van der Waals surface area contributed by atoms with Crippen LogP contribution < -0.4 is 4.74 Å². The molecule has 1 aliphatic rings. The third-order valence-electron chi connectivity index (χ3n) is 3.11. The summed E-state index contributed by atoms with van der Waals surface area (Å²) in [6, 6.07) is 6.07. The van der Waals surface area contributed by atoms with Crippen molar-refractivity contribution in [2.24, 2.45) is 5.92 Å². The van der Waals surface area contributed by atoms with Crippen molar-refractivity contribution in [1.82, 2.24) is 4.90 Å². The monoisotopic (exact) mass is 235 g/mol. The number of likely N-dealkylation sites (N-methyl/N-ethyl adjacent to an activating group) is 1. The van der Waals surface area contributed by atoms with E-state index < -0.39 is 6.10 Å². The van der Waals surface area contributed by atoms with Gasteiger partial charge in [-0.05, 0) is 43.6 Å². The van der Waals surface area contributed by atoms with Gasteiger partial charge in [-0.2, -0.15) is 0 Å². The molecule has 17 heavy (non-hydrogen) atoms. The van der Waals surface area contributed by atoms with Crippen molar-refractivity contribution in [3.05, 3.63) is 29.3 Å². The van der Waals surface area contributed by atoms with Gasteiger partial charge >= 0.3 is 0 Å². The van der Waals surface area contributed by atoms with Gasteiger partial charge in [-0.15, -0.1) is 0 Å². The van der Waals surface area contributed by atoms with Gasteiger partial charge in [-0.25, -0.2) is 0 Å². The van der Waals surface area contributed by atoms with E-state index in [0.717, 1.165) is 24.3 Å². The van der Waals surface area contributed by atoms with Gasteiger partial charge < -0.3 is 14.7 Å². The maximum Gasteiger partial charge on any atom is 0.122 e. The Hall–Kier alpha value is -1.06. The lowest BCUT2D eigenvalue weighted by Gasteiger charge is -2.24. The van der Waals surface area contributed by atoms with Crippen molar-refractivity contribution in [3.8, 4) is 5.75 Å². The van der Waals surface area contributed by atoms with Crippen molar-refractivity contribution in [3.63, 3.8) is 0 Å². The zero-order valence-electron chi connectivity index (χ0n) is 10.8. The summed E-state index contributed by atoms with van der Waals surface area (Å²) in [6.45, 7) is 3.60. The number of benzene rings is 1. The molecule has 0 bridgehead atoms. The number of aliphatic hydroxyl groups excluding tert-OH is 1. The van der Waals surface area contributed by atoms with Crippen molar-refractivity contribution < 1.29 is 9.84 Å². The van der Waals surface area contributed by atoms with Crippen LogP contribution in [0.15, 0.2) is 18.2 Å². The summed E-state index contributed by atoms with van der Waals surface area (Å²) in [4.78, 5) is 1.98. The number of rotatable bonds is 3. The molecule has 3 nitrogen and oxygen atoms in total. The Morgan fingerprint density at radius 3 is 2.94 bits per heavy atom. The number of aliphatic hydroxyl groups is 1. The number of hydrogen-bond donors (Lipinski definition) is 1. The van der Waals surface area contributed by atoms with Crippen molar-refractivity contribution in [2.75, 3.05) is 27.2 Å². The standard InChI is InChI=1S/C14H21NO2/c1-10-6-12-5-4-11(7-14(12)17-9-10)13(16)8-15(2)3/h4-5,7,10,13,16H,6,8-9H2,1-3H3. The van der Waals surface area contributed by atoms with Gasteiger partial charge in [0.1, 0.15) is 5.75 Å². The second kappa shape index (κ2) is 5.07. The van der Waals surface area contributed by atoms with Crippen LogP contribution in [0.1, 0.15) is 24.2 Å². The maximum atomic E-state index is 10.0. The molecule has 0 amide bonds. The first kappa shape index (κ1) is 12.4. The minimum Gasteiger partial charge on any atom is -0.493 e. The zero-order valence-corrected chi connectivity index (χ0v) is 10.8. The quantitative estimate of drug-likeness (QED) is 0.868. The largest absolute Gasteiger partial charge is 0.493 e. The summed E-state index contributed by atoms with van der Waals surface area (Å²) in [7, 11) is 3.92. The van der Waals surface area contributed by atoms with Gasteiger partial charge in [0.15, 0.2) is 0 Å². The topological polar surface area (TPSA) is 32.7 Å². The van der Waals surface area contributed by atoms with Crippen LogP contribution in [0.2, 0.25) is 0 Å². The molecule has 1 N–H and O–H groups in total. The van der Waals surface area contributed by atoms with Gasteiger partial charge in [-0.3, -0.25) is 0 Å². The fourth-order valence-electron chi connectivity index (χ4n) is 2.20. The fraction of sp³-hybridized carbons (Fsp3) is 0.571. The number of hydrogen-bond acceptors (Lipinski definition) is 3. The lowest BCUT2D eigenvalue weighted by atomic mass is 9.96. The van der Waals surface area contributed by atoms with E-state index in [1.807, 2.05) is 31.1 Å². The van der Waals surface area contributed by atoms with Gasteiger partial charge in [0.25, 0.3) is 0 Å². The Labute approximate surface area is 103 Å². The molecule has 0 spiro atoms. The van der Waals surface area contributed by atoms with Crippen LogP contribution in [-0.4, -0.2) is 37.3 Å². The first-order valence-electron chi connectivity index (χ1n) is 6.14. The fourth-order valence-corrected chi connectivity index (χ4v) is 2.20. The van der Waals surface area contributed by atoms with Crippen molar-refractivity contribution in [1.29, 1.82) is 0 Å². The molecule has 0 fully saturated rings. The predicted octanol–water partition coefficient (Wildman–Crippen LogP) is 1.85. The number of nitrogens with zero attached hydrogens (tertiary/aromatic N) is 1. The molecule has 94 valence electrons. The van der Waals surface area contributed by atoms with Gasteiger partial charge in [0.05, 0.1) is 12.7 Å². The highest BCUT2D eigenvalue weighted by atomic mass is 16.5. The molecule has 2 rings (SSSR count). The van der Waals surface area contributed by atoms with E-state index in [9.17, 15) is 5.11 Å². The Bertz CT molecular complexity index is 390. The highest BCUT2D eigenvalue weighted by molar-refractivity contribution is 5.40. The van der Waals surface area contributed by atoms with Crippen molar-refractivity contribution >= 4 is 0 Å². The van der Waals surface area contributed by atoms with Gasteiger partial charge in [0, 0.05) is 6.54 Å². The molecule has 2 unspecified atom stereocenters. The van der Waals surface area contributed by atoms with Crippen LogP contribution in [0.25, 0.3) is 0 Å². The normalized spacial score (nSPS) is 20.9. The molecule has 1 aromatic rings. The number of ether oxygens (including phenoxy) is 1. The minimum absolute atomic E-state index is 0.446. The first-order valence-corrected chi connectivity index (χ1v) is 6.14. The van der Waals surface area contributed by atoms with Crippen LogP contribution >= 0.6 is 0 Å². The molecule has 0 aromatic heterocycles. The van der Waals surface area contributed by atoms with Crippen LogP contribution in [0.4, 0.5) is 0 Å². The molecule has 1 aliphatic heterocycles. The molecule has 0 aliphatic carbocycles. The summed E-state index contributed by atoms with van der Waals surface area (Å²) >= 11 is 0. The average molecular weight is 235 g/mol. The molecule has 2 atom stereocenters. The molecule has 0 radical (unpaired) electrons. The molecular formula is C14H21NO2. The van der Waals surface area contributed by atoms with Crippen LogP contribution in [-0.2, 0) is 6.42 Å². The van der Waals surface area contributed by atoms with Crippen LogP contribution in [0, 0.1) is 5.92 Å². The van der Waals surface area contributed by atoms with E-state index in [-0.39, 0.29) is 0 Å². The van der Waals surface area contributed by atoms with E-state index in [1.54, 1.807) is 0 Å².